The van der Waals surface area contributed by atoms with Crippen LogP contribution in [0.5, 0.6) is 0 Å². The van der Waals surface area contributed by atoms with Gasteiger partial charge in [0.1, 0.15) is 24.9 Å². The van der Waals surface area contributed by atoms with Gasteiger partial charge >= 0.3 is 0 Å². The number of oxime groups is 1. The van der Waals surface area contributed by atoms with Gasteiger partial charge in [0.25, 0.3) is 0 Å². The molecule has 4 rings (SSSR count). The molecule has 0 aromatic heterocycles. The first kappa shape index (κ1) is 31.3. The lowest BCUT2D eigenvalue weighted by Crippen LogP contribution is -2.53. The molecular weight excluding hydrogens is 534 g/mol. The lowest BCUT2D eigenvalue weighted by molar-refractivity contribution is -0.134. The van der Waals surface area contributed by atoms with Gasteiger partial charge in [-0.05, 0) is 41.5 Å². The van der Waals surface area contributed by atoms with E-state index in [1.807, 2.05) is 53.4 Å². The van der Waals surface area contributed by atoms with E-state index in [-0.39, 0.29) is 19.1 Å². The SMILES string of the molecule is CO[C@H](CN[C@H]1CCCCN(Cc2ccc(-c3ccccc3)cc2)C1=O)[C@H](O)[C@@H](O)[C@@H](O)C=NOCc1ccccc1. The van der Waals surface area contributed by atoms with E-state index in [4.69, 9.17) is 9.57 Å². The molecule has 1 amide bonds. The van der Waals surface area contributed by atoms with Crippen molar-refractivity contribution in [1.82, 2.24) is 10.2 Å². The van der Waals surface area contributed by atoms with Crippen molar-refractivity contribution in [2.45, 2.75) is 62.9 Å². The number of carbonyl (C=O) groups excluding carboxylic acids is 1. The summed E-state index contributed by atoms with van der Waals surface area (Å²) in [5.41, 5.74) is 4.24. The van der Waals surface area contributed by atoms with E-state index in [1.54, 1.807) is 0 Å². The first-order valence-corrected chi connectivity index (χ1v) is 14.4. The van der Waals surface area contributed by atoms with Crippen LogP contribution in [0.3, 0.4) is 0 Å². The zero-order valence-electron chi connectivity index (χ0n) is 24.0. The number of rotatable bonds is 14. The van der Waals surface area contributed by atoms with Crippen LogP contribution in [0.2, 0.25) is 0 Å². The molecule has 1 fully saturated rings. The molecule has 0 spiro atoms. The Labute approximate surface area is 247 Å². The molecular formula is C33H41N3O6. The topological polar surface area (TPSA) is 124 Å². The third-order valence-corrected chi connectivity index (χ3v) is 7.53. The molecule has 0 radical (unpaired) electrons. The number of aliphatic hydroxyl groups excluding tert-OH is 3. The van der Waals surface area contributed by atoms with Crippen LogP contribution in [0, 0.1) is 0 Å². The number of benzene rings is 3. The molecule has 5 atom stereocenters. The van der Waals surface area contributed by atoms with Crippen LogP contribution in [-0.4, -0.2) is 83.0 Å². The standard InChI is InChI=1S/C33H41N3O6/c1-41-30(32(39)31(38)29(37)20-35-42-23-25-10-4-2-5-11-25)21-34-28-14-8-9-19-36(33(28)40)22-24-15-17-27(18-16-24)26-12-6-3-7-13-26/h2-7,10-13,15-18,20,28-32,34,37-39H,8-9,14,19,21-23H2,1H3/t28-,29-,30+,31-,32-/m0/s1. The minimum absolute atomic E-state index is 0.00717. The molecule has 1 heterocycles. The summed E-state index contributed by atoms with van der Waals surface area (Å²) in [4.78, 5) is 20.5. The number of aliphatic hydroxyl groups is 3. The highest BCUT2D eigenvalue weighted by Crippen LogP contribution is 2.21. The minimum atomic E-state index is -1.57. The monoisotopic (exact) mass is 575 g/mol. The predicted octanol–water partition coefficient (Wildman–Crippen LogP) is 3.12. The Balaban J connectivity index is 1.28. The van der Waals surface area contributed by atoms with Crippen LogP contribution in [0.1, 0.15) is 30.4 Å². The lowest BCUT2D eigenvalue weighted by Gasteiger charge is -2.30. The van der Waals surface area contributed by atoms with Crippen molar-refractivity contribution in [2.24, 2.45) is 5.16 Å². The van der Waals surface area contributed by atoms with Crippen LogP contribution < -0.4 is 5.32 Å². The van der Waals surface area contributed by atoms with E-state index in [0.29, 0.717) is 19.5 Å². The highest BCUT2D eigenvalue weighted by Gasteiger charge is 2.33. The molecule has 224 valence electrons. The van der Waals surface area contributed by atoms with Crippen LogP contribution in [0.4, 0.5) is 0 Å². The quantitative estimate of drug-likeness (QED) is 0.172. The molecule has 1 aliphatic heterocycles. The Hall–Kier alpha value is -3.60. The zero-order chi connectivity index (χ0) is 29.7. The zero-order valence-corrected chi connectivity index (χ0v) is 24.0. The summed E-state index contributed by atoms with van der Waals surface area (Å²) < 4.78 is 5.41. The molecule has 0 bridgehead atoms. The Morgan fingerprint density at radius 2 is 1.57 bits per heavy atom. The van der Waals surface area contributed by atoms with Gasteiger partial charge in [-0.15, -0.1) is 0 Å². The normalized spacial score (nSPS) is 18.8. The maximum Gasteiger partial charge on any atom is 0.240 e. The second-order valence-corrected chi connectivity index (χ2v) is 10.5. The maximum absolute atomic E-state index is 13.4. The van der Waals surface area contributed by atoms with Gasteiger partial charge in [0.05, 0.1) is 18.4 Å². The molecule has 9 nitrogen and oxygen atoms in total. The van der Waals surface area contributed by atoms with E-state index in [1.165, 1.54) is 7.11 Å². The fourth-order valence-electron chi connectivity index (χ4n) is 5.01. The smallest absolute Gasteiger partial charge is 0.240 e. The fraction of sp³-hybridized carbons (Fsp3) is 0.394. The molecule has 9 heteroatoms. The van der Waals surface area contributed by atoms with E-state index >= 15 is 0 Å². The largest absolute Gasteiger partial charge is 0.391 e. The number of amides is 1. The Morgan fingerprint density at radius 1 is 0.905 bits per heavy atom. The maximum atomic E-state index is 13.4. The Morgan fingerprint density at radius 3 is 2.26 bits per heavy atom. The van der Waals surface area contributed by atoms with Crippen molar-refractivity contribution < 1.29 is 29.7 Å². The van der Waals surface area contributed by atoms with Gasteiger partial charge in [-0.2, -0.15) is 0 Å². The highest BCUT2D eigenvalue weighted by molar-refractivity contribution is 5.82. The summed E-state index contributed by atoms with van der Waals surface area (Å²) in [6, 6.07) is 27.4. The third-order valence-electron chi connectivity index (χ3n) is 7.53. The van der Waals surface area contributed by atoms with E-state index in [9.17, 15) is 20.1 Å². The number of nitrogens with one attached hydrogen (secondary N) is 1. The predicted molar refractivity (Wildman–Crippen MR) is 161 cm³/mol. The van der Waals surface area contributed by atoms with E-state index in [0.717, 1.165) is 41.3 Å². The van der Waals surface area contributed by atoms with Crippen molar-refractivity contribution in [1.29, 1.82) is 0 Å². The van der Waals surface area contributed by atoms with Crippen molar-refractivity contribution >= 4 is 12.1 Å². The number of likely N-dealkylation sites (tertiary alicyclic amines) is 1. The number of hydrogen-bond acceptors (Lipinski definition) is 8. The molecule has 1 saturated heterocycles. The van der Waals surface area contributed by atoms with Gasteiger partial charge in [-0.3, -0.25) is 4.79 Å². The first-order valence-electron chi connectivity index (χ1n) is 14.4. The summed E-state index contributed by atoms with van der Waals surface area (Å²) >= 11 is 0. The molecule has 42 heavy (non-hydrogen) atoms. The Bertz CT molecular complexity index is 1240. The second-order valence-electron chi connectivity index (χ2n) is 10.5. The summed E-state index contributed by atoms with van der Waals surface area (Å²) in [5.74, 6) is -0.00717. The Kier molecular flexibility index (Phi) is 12.0. The number of methoxy groups -OCH3 is 1. The van der Waals surface area contributed by atoms with Gasteiger partial charge in [0.15, 0.2) is 0 Å². The van der Waals surface area contributed by atoms with Gasteiger partial charge in [0, 0.05) is 26.7 Å². The van der Waals surface area contributed by atoms with Crippen molar-refractivity contribution in [3.63, 3.8) is 0 Å². The first-order chi connectivity index (χ1) is 20.5. The van der Waals surface area contributed by atoms with Gasteiger partial charge in [0.2, 0.25) is 5.91 Å². The van der Waals surface area contributed by atoms with Crippen LogP contribution in [0.15, 0.2) is 90.1 Å². The summed E-state index contributed by atoms with van der Waals surface area (Å²) in [7, 11) is 1.41. The molecule has 4 N–H and O–H groups in total. The van der Waals surface area contributed by atoms with E-state index in [2.05, 4.69) is 46.9 Å². The van der Waals surface area contributed by atoms with E-state index < -0.39 is 30.5 Å². The number of carbonyl (C=O) groups is 1. The molecule has 0 unspecified atom stereocenters. The fourth-order valence-corrected chi connectivity index (χ4v) is 5.01. The van der Waals surface area contributed by atoms with Gasteiger partial charge < -0.3 is 35.1 Å². The second kappa shape index (κ2) is 16.1. The number of hydrogen-bond donors (Lipinski definition) is 4. The molecule has 0 saturated carbocycles. The number of nitrogens with zero attached hydrogens (tertiary/aromatic N) is 2. The van der Waals surface area contributed by atoms with Gasteiger partial charge in [-0.1, -0.05) is 90.1 Å². The summed E-state index contributed by atoms with van der Waals surface area (Å²) in [6.07, 6.45) is -1.87. The highest BCUT2D eigenvalue weighted by atomic mass is 16.6. The van der Waals surface area contributed by atoms with Crippen LogP contribution in [0.25, 0.3) is 11.1 Å². The average Bonchev–Trinajstić information content (AvgIpc) is 3.20. The summed E-state index contributed by atoms with van der Waals surface area (Å²) in [5, 5.41) is 38.5. The summed E-state index contributed by atoms with van der Waals surface area (Å²) in [6.45, 7) is 1.50. The molecule has 1 aliphatic rings. The minimum Gasteiger partial charge on any atom is -0.391 e. The van der Waals surface area contributed by atoms with Crippen molar-refractivity contribution in [3.05, 3.63) is 96.1 Å². The van der Waals surface area contributed by atoms with Crippen LogP contribution in [-0.2, 0) is 27.5 Å². The molecule has 0 aliphatic carbocycles. The molecule has 3 aromatic rings. The lowest BCUT2D eigenvalue weighted by atomic mass is 10.0. The number of ether oxygens (including phenoxy) is 1. The average molecular weight is 576 g/mol. The molecule has 3 aromatic carbocycles. The van der Waals surface area contributed by atoms with Gasteiger partial charge in [-0.25, -0.2) is 0 Å². The van der Waals surface area contributed by atoms with Crippen molar-refractivity contribution in [2.75, 3.05) is 20.2 Å². The third kappa shape index (κ3) is 8.95. The van der Waals surface area contributed by atoms with Crippen molar-refractivity contribution in [3.8, 4) is 11.1 Å². The van der Waals surface area contributed by atoms with Crippen LogP contribution >= 0.6 is 0 Å².